The molecule has 0 saturated heterocycles. The first-order valence-electron chi connectivity index (χ1n) is 8.98. The van der Waals surface area contributed by atoms with Crippen molar-refractivity contribution < 1.29 is 4.74 Å². The molecule has 3 aromatic rings. The molecule has 1 atom stereocenters. The van der Waals surface area contributed by atoms with Crippen LogP contribution in [0.15, 0.2) is 90.5 Å². The molecule has 0 unspecified atom stereocenters. The highest BCUT2D eigenvalue weighted by atomic mass is 16.5. The van der Waals surface area contributed by atoms with Gasteiger partial charge in [-0.2, -0.15) is 0 Å². The summed E-state index contributed by atoms with van der Waals surface area (Å²) in [5.41, 5.74) is 4.52. The zero-order valence-electron chi connectivity index (χ0n) is 14.8. The van der Waals surface area contributed by atoms with Crippen LogP contribution in [-0.2, 0) is 0 Å². The van der Waals surface area contributed by atoms with Crippen LogP contribution >= 0.6 is 0 Å². The average molecular weight is 336 g/mol. The van der Waals surface area contributed by atoms with E-state index in [9.17, 15) is 0 Å². The zero-order chi connectivity index (χ0) is 17.8. The molecule has 1 aliphatic heterocycles. The molecule has 0 spiro atoms. The van der Waals surface area contributed by atoms with E-state index in [1.807, 2.05) is 60.7 Å². The van der Waals surface area contributed by atoms with Gasteiger partial charge in [0, 0.05) is 16.7 Å². The molecule has 4 rings (SSSR count). The van der Waals surface area contributed by atoms with Crippen LogP contribution in [0.4, 0.5) is 0 Å². The summed E-state index contributed by atoms with van der Waals surface area (Å²) in [4.78, 5) is 0. The first-order valence-corrected chi connectivity index (χ1v) is 8.98. The summed E-state index contributed by atoms with van der Waals surface area (Å²) in [5, 5.41) is 0. The van der Waals surface area contributed by atoms with E-state index in [0.717, 1.165) is 34.6 Å². The van der Waals surface area contributed by atoms with E-state index < -0.39 is 0 Å². The molecule has 1 nitrogen and oxygen atoms in total. The van der Waals surface area contributed by atoms with Crippen molar-refractivity contribution in [2.75, 3.05) is 0 Å². The molecular weight excluding hydrogens is 316 g/mol. The third kappa shape index (κ3) is 3.15. The molecule has 1 heteroatoms. The Balaban J connectivity index is 1.86. The van der Waals surface area contributed by atoms with Crippen molar-refractivity contribution in [3.63, 3.8) is 0 Å². The van der Waals surface area contributed by atoms with E-state index in [0.29, 0.717) is 0 Å². The Morgan fingerprint density at radius 3 is 2.19 bits per heavy atom. The zero-order valence-corrected chi connectivity index (χ0v) is 14.8. The number of ether oxygens (including phenoxy) is 1. The fourth-order valence-corrected chi connectivity index (χ4v) is 3.35. The Kier molecular flexibility index (Phi) is 4.58. The van der Waals surface area contributed by atoms with Crippen LogP contribution in [0.1, 0.15) is 36.0 Å². The Bertz CT molecular complexity index is 988. The predicted molar refractivity (Wildman–Crippen MR) is 107 cm³/mol. The lowest BCUT2D eigenvalue weighted by Crippen LogP contribution is -2.14. The summed E-state index contributed by atoms with van der Waals surface area (Å²) < 4.78 is 6.32. The summed E-state index contributed by atoms with van der Waals surface area (Å²) in [6.07, 6.45) is 0.896. The maximum Gasteiger partial charge on any atom is 0.135 e. The normalized spacial score (nSPS) is 15.5. The van der Waals surface area contributed by atoms with E-state index in [4.69, 9.17) is 4.74 Å². The van der Waals surface area contributed by atoms with Gasteiger partial charge in [0.2, 0.25) is 0 Å². The van der Waals surface area contributed by atoms with Gasteiger partial charge < -0.3 is 4.74 Å². The van der Waals surface area contributed by atoms with Crippen LogP contribution in [0.5, 0.6) is 5.75 Å². The van der Waals surface area contributed by atoms with Gasteiger partial charge in [-0.3, -0.25) is 0 Å². The molecule has 0 bridgehead atoms. The first kappa shape index (κ1) is 16.2. The molecule has 1 heterocycles. The number of rotatable bonds is 2. The van der Waals surface area contributed by atoms with Crippen LogP contribution in [-0.4, -0.2) is 0 Å². The van der Waals surface area contributed by atoms with Crippen LogP contribution in [0.2, 0.25) is 0 Å². The number of hydrogen-bond acceptors (Lipinski definition) is 1. The quantitative estimate of drug-likeness (QED) is 0.519. The van der Waals surface area contributed by atoms with Gasteiger partial charge in [0.1, 0.15) is 11.5 Å². The lowest BCUT2D eigenvalue weighted by Gasteiger charge is -2.28. The smallest absolute Gasteiger partial charge is 0.135 e. The van der Waals surface area contributed by atoms with Gasteiger partial charge >= 0.3 is 0 Å². The third-order valence-corrected chi connectivity index (χ3v) is 4.63. The van der Waals surface area contributed by atoms with E-state index in [1.54, 1.807) is 0 Å². The summed E-state index contributed by atoms with van der Waals surface area (Å²) in [6, 6.07) is 28.7. The number of benzene rings is 3. The van der Waals surface area contributed by atoms with Gasteiger partial charge in [-0.05, 0) is 30.2 Å². The second-order valence-corrected chi connectivity index (χ2v) is 6.28. The predicted octanol–water partition coefficient (Wildman–Crippen LogP) is 6.04. The Morgan fingerprint density at radius 1 is 0.808 bits per heavy atom. The summed E-state index contributed by atoms with van der Waals surface area (Å²) >= 11 is 0. The Hall–Kier alpha value is -3.24. The van der Waals surface area contributed by atoms with Gasteiger partial charge in [-0.1, -0.05) is 85.5 Å². The molecule has 0 amide bonds. The molecule has 0 aromatic heterocycles. The molecule has 0 radical (unpaired) electrons. The molecule has 26 heavy (non-hydrogen) atoms. The first-order chi connectivity index (χ1) is 12.9. The molecule has 1 aliphatic rings. The molecular formula is C25H20O. The minimum atomic E-state index is 0.0420. The number of hydrogen-bond donors (Lipinski definition) is 0. The molecule has 0 N–H and O–H groups in total. The second kappa shape index (κ2) is 7.33. The highest BCUT2D eigenvalue weighted by Crippen LogP contribution is 2.43. The van der Waals surface area contributed by atoms with E-state index in [-0.39, 0.29) is 5.92 Å². The van der Waals surface area contributed by atoms with Crippen molar-refractivity contribution in [1.82, 2.24) is 0 Å². The van der Waals surface area contributed by atoms with Gasteiger partial charge in [0.15, 0.2) is 0 Å². The van der Waals surface area contributed by atoms with Crippen LogP contribution in [0.25, 0.3) is 5.76 Å². The van der Waals surface area contributed by atoms with Gasteiger partial charge in [0.05, 0.1) is 5.92 Å². The molecule has 126 valence electrons. The van der Waals surface area contributed by atoms with Crippen molar-refractivity contribution >= 4 is 5.76 Å². The van der Waals surface area contributed by atoms with Crippen molar-refractivity contribution in [2.45, 2.75) is 19.3 Å². The molecule has 0 aliphatic carbocycles. The molecule has 0 fully saturated rings. The van der Waals surface area contributed by atoms with Gasteiger partial charge in [0.25, 0.3) is 0 Å². The largest absolute Gasteiger partial charge is 0.456 e. The fraction of sp³-hybridized carbons (Fsp3) is 0.120. The van der Waals surface area contributed by atoms with Crippen LogP contribution < -0.4 is 4.74 Å². The number of allylic oxidation sites excluding steroid dienone is 1. The lowest BCUT2D eigenvalue weighted by molar-refractivity contribution is 0.483. The fourth-order valence-electron chi connectivity index (χ4n) is 3.35. The standard InChI is InChI=1S/C25H20O/c1-2-21-22(18-17-19-11-5-3-6-12-19)23-15-9-10-16-24(23)26-25(21)20-13-7-4-8-14-20/h3-16,22H,2H2,1H3/t22-/m1/s1. The van der Waals surface area contributed by atoms with E-state index in [2.05, 4.69) is 43.0 Å². The Labute approximate surface area is 155 Å². The molecule has 0 saturated carbocycles. The minimum Gasteiger partial charge on any atom is -0.456 e. The number of fused-ring (bicyclic) bond motifs is 1. The maximum absolute atomic E-state index is 6.32. The highest BCUT2D eigenvalue weighted by molar-refractivity contribution is 5.72. The Morgan fingerprint density at radius 2 is 1.46 bits per heavy atom. The van der Waals surface area contributed by atoms with Crippen molar-refractivity contribution in [3.8, 4) is 17.6 Å². The van der Waals surface area contributed by atoms with Gasteiger partial charge in [-0.15, -0.1) is 0 Å². The summed E-state index contributed by atoms with van der Waals surface area (Å²) in [6.45, 7) is 2.17. The third-order valence-electron chi connectivity index (χ3n) is 4.63. The topological polar surface area (TPSA) is 9.23 Å². The van der Waals surface area contributed by atoms with E-state index in [1.165, 1.54) is 5.57 Å². The minimum absolute atomic E-state index is 0.0420. The molecule has 3 aromatic carbocycles. The SMILES string of the molecule is CCC1=C(c2ccccc2)Oc2ccccc2[C@@H]1C#Cc1ccccc1. The van der Waals surface area contributed by atoms with Crippen molar-refractivity contribution in [3.05, 3.63) is 107 Å². The lowest BCUT2D eigenvalue weighted by atomic mass is 9.85. The van der Waals surface area contributed by atoms with Crippen molar-refractivity contribution in [2.24, 2.45) is 0 Å². The highest BCUT2D eigenvalue weighted by Gasteiger charge is 2.28. The maximum atomic E-state index is 6.32. The average Bonchev–Trinajstić information content (AvgIpc) is 2.72. The summed E-state index contributed by atoms with van der Waals surface area (Å²) in [5.74, 6) is 8.74. The monoisotopic (exact) mass is 336 g/mol. The number of para-hydroxylation sites is 1. The summed E-state index contributed by atoms with van der Waals surface area (Å²) in [7, 11) is 0. The second-order valence-electron chi connectivity index (χ2n) is 6.28. The van der Waals surface area contributed by atoms with Gasteiger partial charge in [-0.25, -0.2) is 0 Å². The van der Waals surface area contributed by atoms with E-state index >= 15 is 0 Å². The van der Waals surface area contributed by atoms with Crippen LogP contribution in [0.3, 0.4) is 0 Å². The van der Waals surface area contributed by atoms with Crippen molar-refractivity contribution in [1.29, 1.82) is 0 Å². The van der Waals surface area contributed by atoms with Crippen LogP contribution in [0, 0.1) is 11.8 Å².